The second-order valence-corrected chi connectivity index (χ2v) is 4.37. The predicted molar refractivity (Wildman–Crippen MR) is 63.4 cm³/mol. The maximum atomic E-state index is 11.6. The van der Waals surface area contributed by atoms with Crippen molar-refractivity contribution in [2.45, 2.75) is 12.8 Å². The van der Waals surface area contributed by atoms with Gasteiger partial charge in [0, 0.05) is 0 Å². The molecule has 0 saturated heterocycles. The van der Waals surface area contributed by atoms with E-state index in [1.165, 1.54) is 12.8 Å². The van der Waals surface area contributed by atoms with Crippen LogP contribution in [0.1, 0.15) is 12.8 Å². The molecule has 17 heavy (non-hydrogen) atoms. The molecule has 0 radical (unpaired) electrons. The fourth-order valence-corrected chi connectivity index (χ4v) is 1.75. The molecule has 1 aromatic heterocycles. The molecule has 1 aromatic carbocycles. The van der Waals surface area contributed by atoms with Crippen molar-refractivity contribution in [3.8, 4) is 5.75 Å². The van der Waals surface area contributed by atoms with Crippen LogP contribution in [0.25, 0.3) is 10.8 Å². The number of rotatable bonds is 3. The molecule has 1 aliphatic carbocycles. The largest absolute Gasteiger partial charge is 0.493 e. The minimum absolute atomic E-state index is 0.298. The highest BCUT2D eigenvalue weighted by atomic mass is 16.5. The lowest BCUT2D eigenvalue weighted by atomic mass is 10.2. The van der Waals surface area contributed by atoms with Crippen molar-refractivity contribution in [1.82, 2.24) is 10.2 Å². The van der Waals surface area contributed by atoms with Gasteiger partial charge in [-0.05, 0) is 37.0 Å². The standard InChI is InChI=1S/C12H12N2O3/c15-11-9-4-3-8(17-6-7-1-2-7)5-10(9)12(16)14-13-11/h3-5,7H,1-2,6H2,(H,13,15)(H,14,16). The van der Waals surface area contributed by atoms with Crippen molar-refractivity contribution >= 4 is 10.8 Å². The van der Waals surface area contributed by atoms with Gasteiger partial charge in [-0.25, -0.2) is 0 Å². The fraction of sp³-hybridized carbons (Fsp3) is 0.333. The van der Waals surface area contributed by atoms with E-state index in [1.54, 1.807) is 18.2 Å². The predicted octanol–water partition coefficient (Wildman–Crippen LogP) is 1.01. The topological polar surface area (TPSA) is 75.0 Å². The van der Waals surface area contributed by atoms with Crippen LogP contribution in [-0.4, -0.2) is 16.8 Å². The first-order valence-corrected chi connectivity index (χ1v) is 5.61. The number of aromatic nitrogens is 2. The summed E-state index contributed by atoms with van der Waals surface area (Å²) in [6, 6.07) is 4.96. The Bertz CT molecular complexity index is 667. The summed E-state index contributed by atoms with van der Waals surface area (Å²) in [6.07, 6.45) is 2.43. The van der Waals surface area contributed by atoms with Crippen LogP contribution < -0.4 is 15.9 Å². The molecule has 1 heterocycles. The van der Waals surface area contributed by atoms with Gasteiger partial charge in [-0.3, -0.25) is 19.8 Å². The molecule has 0 atom stereocenters. The van der Waals surface area contributed by atoms with Gasteiger partial charge in [0.25, 0.3) is 11.1 Å². The Hall–Kier alpha value is -2.04. The van der Waals surface area contributed by atoms with Crippen molar-refractivity contribution in [3.05, 3.63) is 38.9 Å². The number of nitrogens with one attached hydrogen (secondary N) is 2. The van der Waals surface area contributed by atoms with E-state index < -0.39 is 0 Å². The Labute approximate surface area is 96.4 Å². The molecule has 5 nitrogen and oxygen atoms in total. The molecule has 88 valence electrons. The molecule has 1 saturated carbocycles. The summed E-state index contributed by atoms with van der Waals surface area (Å²) in [5.74, 6) is 1.30. The van der Waals surface area contributed by atoms with Crippen molar-refractivity contribution in [2.75, 3.05) is 6.61 Å². The Morgan fingerprint density at radius 1 is 1.12 bits per heavy atom. The Kier molecular flexibility index (Phi) is 2.24. The third-order valence-electron chi connectivity index (χ3n) is 2.95. The van der Waals surface area contributed by atoms with Gasteiger partial charge in [-0.2, -0.15) is 0 Å². The molecule has 2 N–H and O–H groups in total. The highest BCUT2D eigenvalue weighted by Gasteiger charge is 2.21. The molecular formula is C12H12N2O3. The summed E-state index contributed by atoms with van der Waals surface area (Å²) < 4.78 is 5.57. The lowest BCUT2D eigenvalue weighted by Crippen LogP contribution is -2.18. The number of hydrogen-bond acceptors (Lipinski definition) is 3. The zero-order valence-corrected chi connectivity index (χ0v) is 9.16. The molecule has 1 fully saturated rings. The summed E-state index contributed by atoms with van der Waals surface area (Å²) in [5, 5.41) is 5.33. The second kappa shape index (κ2) is 3.76. The van der Waals surface area contributed by atoms with Crippen LogP contribution in [0.4, 0.5) is 0 Å². The third-order valence-corrected chi connectivity index (χ3v) is 2.95. The zero-order chi connectivity index (χ0) is 11.8. The van der Waals surface area contributed by atoms with Crippen molar-refractivity contribution in [2.24, 2.45) is 5.92 Å². The van der Waals surface area contributed by atoms with Crippen LogP contribution in [0.15, 0.2) is 27.8 Å². The lowest BCUT2D eigenvalue weighted by molar-refractivity contribution is 0.300. The van der Waals surface area contributed by atoms with Crippen LogP contribution in [0.3, 0.4) is 0 Å². The van der Waals surface area contributed by atoms with E-state index in [0.717, 1.165) is 0 Å². The van der Waals surface area contributed by atoms with Gasteiger partial charge in [-0.15, -0.1) is 0 Å². The van der Waals surface area contributed by atoms with Crippen LogP contribution in [0.2, 0.25) is 0 Å². The average Bonchev–Trinajstić information content (AvgIpc) is 3.15. The molecular weight excluding hydrogens is 220 g/mol. The number of aromatic amines is 2. The Morgan fingerprint density at radius 2 is 1.82 bits per heavy atom. The highest BCUT2D eigenvalue weighted by molar-refractivity contribution is 5.81. The van der Waals surface area contributed by atoms with Gasteiger partial charge in [0.05, 0.1) is 17.4 Å². The van der Waals surface area contributed by atoms with E-state index >= 15 is 0 Å². The molecule has 3 rings (SSSR count). The molecule has 0 bridgehead atoms. The monoisotopic (exact) mass is 232 g/mol. The quantitative estimate of drug-likeness (QED) is 0.829. The van der Waals surface area contributed by atoms with E-state index in [-0.39, 0.29) is 11.1 Å². The first-order valence-electron chi connectivity index (χ1n) is 5.61. The van der Waals surface area contributed by atoms with Gasteiger partial charge in [0.2, 0.25) is 0 Å². The molecule has 0 unspecified atom stereocenters. The number of hydrogen-bond donors (Lipinski definition) is 2. The second-order valence-electron chi connectivity index (χ2n) is 4.37. The minimum Gasteiger partial charge on any atom is -0.493 e. The summed E-state index contributed by atoms with van der Waals surface area (Å²) in [7, 11) is 0. The number of ether oxygens (including phenoxy) is 1. The third kappa shape index (κ3) is 1.95. The minimum atomic E-state index is -0.309. The molecule has 0 amide bonds. The van der Waals surface area contributed by atoms with E-state index in [2.05, 4.69) is 10.2 Å². The van der Waals surface area contributed by atoms with E-state index in [1.807, 2.05) is 0 Å². The van der Waals surface area contributed by atoms with Gasteiger partial charge in [0.1, 0.15) is 5.75 Å². The molecule has 1 aliphatic rings. The van der Waals surface area contributed by atoms with Crippen LogP contribution in [-0.2, 0) is 0 Å². The van der Waals surface area contributed by atoms with Crippen LogP contribution in [0, 0.1) is 5.92 Å². The first-order chi connectivity index (χ1) is 8.24. The first kappa shape index (κ1) is 10.1. The summed E-state index contributed by atoms with van der Waals surface area (Å²) in [5.41, 5.74) is -0.607. The average molecular weight is 232 g/mol. The van der Waals surface area contributed by atoms with Crippen LogP contribution >= 0.6 is 0 Å². The van der Waals surface area contributed by atoms with Crippen molar-refractivity contribution < 1.29 is 4.74 Å². The van der Waals surface area contributed by atoms with Crippen molar-refractivity contribution in [1.29, 1.82) is 0 Å². The maximum absolute atomic E-state index is 11.6. The van der Waals surface area contributed by atoms with E-state index in [4.69, 9.17) is 4.74 Å². The molecule has 0 aliphatic heterocycles. The number of fused-ring (bicyclic) bond motifs is 1. The zero-order valence-electron chi connectivity index (χ0n) is 9.16. The number of benzene rings is 1. The lowest BCUT2D eigenvalue weighted by Gasteiger charge is -2.05. The maximum Gasteiger partial charge on any atom is 0.270 e. The van der Waals surface area contributed by atoms with Crippen LogP contribution in [0.5, 0.6) is 5.75 Å². The number of H-pyrrole nitrogens is 2. The molecule has 5 heteroatoms. The van der Waals surface area contributed by atoms with Crippen molar-refractivity contribution in [3.63, 3.8) is 0 Å². The Balaban J connectivity index is 2.02. The molecule has 2 aromatic rings. The molecule has 0 spiro atoms. The van der Waals surface area contributed by atoms with Gasteiger partial charge < -0.3 is 4.74 Å². The smallest absolute Gasteiger partial charge is 0.270 e. The SMILES string of the molecule is O=c1[nH][nH]c(=O)c2cc(OCC3CC3)ccc12. The van der Waals surface area contributed by atoms with Gasteiger partial charge in [0.15, 0.2) is 0 Å². The van der Waals surface area contributed by atoms with Gasteiger partial charge in [-0.1, -0.05) is 0 Å². The highest BCUT2D eigenvalue weighted by Crippen LogP contribution is 2.29. The Morgan fingerprint density at radius 3 is 2.53 bits per heavy atom. The summed E-state index contributed by atoms with van der Waals surface area (Å²) in [6.45, 7) is 0.687. The van der Waals surface area contributed by atoms with E-state index in [9.17, 15) is 9.59 Å². The van der Waals surface area contributed by atoms with E-state index in [0.29, 0.717) is 29.0 Å². The van der Waals surface area contributed by atoms with Gasteiger partial charge >= 0.3 is 0 Å². The normalized spacial score (nSPS) is 15.1. The summed E-state index contributed by atoms with van der Waals surface area (Å²) in [4.78, 5) is 23.0. The summed E-state index contributed by atoms with van der Waals surface area (Å²) >= 11 is 0. The fourth-order valence-electron chi connectivity index (χ4n) is 1.75.